The largest absolute Gasteiger partial charge is 0.497 e. The molecule has 1 heterocycles. The Hall–Kier alpha value is -2.24. The number of benzene rings is 1. The molecule has 0 spiro atoms. The Kier molecular flexibility index (Phi) is 3.57. The molecule has 2 rings (SSSR count). The van der Waals surface area contributed by atoms with Crippen molar-refractivity contribution in [1.29, 1.82) is 5.41 Å². The van der Waals surface area contributed by atoms with E-state index >= 15 is 0 Å². The molecule has 0 aromatic heterocycles. The minimum Gasteiger partial charge on any atom is -0.497 e. The third kappa shape index (κ3) is 2.41. The molecule has 0 fully saturated rings. The number of carbonyl (C=O) groups is 1. The summed E-state index contributed by atoms with van der Waals surface area (Å²) in [7, 11) is 1.58. The lowest BCUT2D eigenvalue weighted by Crippen LogP contribution is -2.59. The van der Waals surface area contributed by atoms with E-state index in [2.05, 4.69) is 0 Å². The number of methoxy groups -OCH3 is 1. The second kappa shape index (κ2) is 5.03. The number of aryl methyl sites for hydroxylation is 1. The second-order valence-corrected chi connectivity index (χ2v) is 4.99. The average molecular weight is 277 g/mol. The lowest BCUT2D eigenvalue weighted by molar-refractivity contribution is -0.140. The fraction of sp³-hybridized carbons (Fsp3) is 0.429. The Morgan fingerprint density at radius 1 is 1.55 bits per heavy atom. The van der Waals surface area contributed by atoms with Gasteiger partial charge in [0.1, 0.15) is 11.5 Å². The summed E-state index contributed by atoms with van der Waals surface area (Å²) in [6.07, 6.45) is 1.32. The first kappa shape index (κ1) is 14.2. The predicted octanol–water partition coefficient (Wildman–Crippen LogP) is 1.48. The van der Waals surface area contributed by atoms with Gasteiger partial charge in [0.2, 0.25) is 5.91 Å². The van der Waals surface area contributed by atoms with Crippen molar-refractivity contribution in [2.45, 2.75) is 32.4 Å². The fourth-order valence-electron chi connectivity index (χ4n) is 2.53. The molecule has 0 saturated carbocycles. The number of nitrogens with two attached hydrogens (primary N) is 1. The number of guanidine groups is 1. The molecular weight excluding hydrogens is 258 g/mol. The molecule has 1 aromatic carbocycles. The summed E-state index contributed by atoms with van der Waals surface area (Å²) in [5, 5.41) is 7.58. The van der Waals surface area contributed by atoms with E-state index in [1.54, 1.807) is 20.1 Å². The molecule has 0 saturated heterocycles. The molecule has 1 aliphatic heterocycles. The van der Waals surface area contributed by atoms with Crippen molar-refractivity contribution in [3.63, 3.8) is 0 Å². The van der Waals surface area contributed by atoms with Crippen LogP contribution in [0.4, 0.5) is 0 Å². The van der Waals surface area contributed by atoms with Crippen LogP contribution >= 0.6 is 0 Å². The van der Waals surface area contributed by atoms with Crippen LogP contribution in [-0.2, 0) is 11.2 Å². The SMILES string of the molecule is COc1ccc2c(c1)OC(C)(N(C(=N)N)C(C)=O)CC2. The highest BCUT2D eigenvalue weighted by Gasteiger charge is 2.41. The third-order valence-electron chi connectivity index (χ3n) is 3.49. The fourth-order valence-corrected chi connectivity index (χ4v) is 2.53. The molecule has 3 N–H and O–H groups in total. The molecule has 1 amide bonds. The smallest absolute Gasteiger partial charge is 0.229 e. The monoisotopic (exact) mass is 277 g/mol. The topological polar surface area (TPSA) is 88.6 Å². The van der Waals surface area contributed by atoms with Gasteiger partial charge in [-0.1, -0.05) is 6.07 Å². The molecule has 0 aliphatic carbocycles. The minimum atomic E-state index is -0.947. The van der Waals surface area contributed by atoms with Crippen molar-refractivity contribution >= 4 is 11.9 Å². The predicted molar refractivity (Wildman–Crippen MR) is 74.8 cm³/mol. The number of carbonyl (C=O) groups excluding carboxylic acids is 1. The standard InChI is InChI=1S/C14H19N3O3/c1-9(18)17(13(15)16)14(2)7-6-10-4-5-11(19-3)8-12(10)20-14/h4-5,8H,6-7H2,1-3H3,(H3,15,16). The summed E-state index contributed by atoms with van der Waals surface area (Å²) in [5.74, 6) is 0.716. The number of hydrogen-bond donors (Lipinski definition) is 2. The molecule has 1 atom stereocenters. The number of nitrogens with one attached hydrogen (secondary N) is 1. The van der Waals surface area contributed by atoms with E-state index in [0.29, 0.717) is 17.9 Å². The molecular formula is C14H19N3O3. The van der Waals surface area contributed by atoms with Gasteiger partial charge in [-0.3, -0.25) is 10.2 Å². The number of hydrogen-bond acceptors (Lipinski definition) is 4. The van der Waals surface area contributed by atoms with E-state index in [-0.39, 0.29) is 11.9 Å². The first-order chi connectivity index (χ1) is 9.37. The normalized spacial score (nSPS) is 20.6. The summed E-state index contributed by atoms with van der Waals surface area (Å²) in [6, 6.07) is 5.60. The zero-order valence-corrected chi connectivity index (χ0v) is 11.9. The van der Waals surface area contributed by atoms with Crippen LogP contribution in [0.1, 0.15) is 25.8 Å². The van der Waals surface area contributed by atoms with E-state index in [4.69, 9.17) is 20.6 Å². The van der Waals surface area contributed by atoms with E-state index in [1.807, 2.05) is 12.1 Å². The van der Waals surface area contributed by atoms with Crippen LogP contribution in [0.5, 0.6) is 11.5 Å². The summed E-state index contributed by atoms with van der Waals surface area (Å²) in [4.78, 5) is 12.9. The lowest BCUT2D eigenvalue weighted by Gasteiger charge is -2.42. The van der Waals surface area contributed by atoms with Crippen LogP contribution in [-0.4, -0.2) is 29.6 Å². The van der Waals surface area contributed by atoms with Gasteiger partial charge in [0.15, 0.2) is 11.7 Å². The highest BCUT2D eigenvalue weighted by atomic mass is 16.5. The highest BCUT2D eigenvalue weighted by Crippen LogP contribution is 2.37. The summed E-state index contributed by atoms with van der Waals surface area (Å²) >= 11 is 0. The van der Waals surface area contributed by atoms with Crippen molar-refractivity contribution in [1.82, 2.24) is 4.90 Å². The minimum absolute atomic E-state index is 0.314. The average Bonchev–Trinajstić information content (AvgIpc) is 2.36. The van der Waals surface area contributed by atoms with Crippen molar-refractivity contribution in [3.05, 3.63) is 23.8 Å². The highest BCUT2D eigenvalue weighted by molar-refractivity contribution is 5.94. The zero-order valence-electron chi connectivity index (χ0n) is 11.9. The summed E-state index contributed by atoms with van der Waals surface area (Å²) in [5.41, 5.74) is 5.62. The molecule has 0 radical (unpaired) electrons. The quantitative estimate of drug-likeness (QED) is 0.633. The van der Waals surface area contributed by atoms with Crippen molar-refractivity contribution in [2.24, 2.45) is 5.73 Å². The van der Waals surface area contributed by atoms with Gasteiger partial charge in [0.05, 0.1) is 7.11 Å². The van der Waals surface area contributed by atoms with E-state index in [9.17, 15) is 4.79 Å². The van der Waals surface area contributed by atoms with Gasteiger partial charge in [-0.05, 0) is 25.0 Å². The van der Waals surface area contributed by atoms with Gasteiger partial charge in [0, 0.05) is 19.4 Å². The molecule has 6 heteroatoms. The van der Waals surface area contributed by atoms with E-state index < -0.39 is 5.72 Å². The van der Waals surface area contributed by atoms with E-state index in [0.717, 1.165) is 12.0 Å². The maximum absolute atomic E-state index is 11.7. The van der Waals surface area contributed by atoms with Gasteiger partial charge in [-0.2, -0.15) is 0 Å². The molecule has 6 nitrogen and oxygen atoms in total. The number of amides is 1. The Morgan fingerprint density at radius 3 is 2.80 bits per heavy atom. The molecule has 1 unspecified atom stereocenters. The molecule has 108 valence electrons. The van der Waals surface area contributed by atoms with Gasteiger partial charge in [0.25, 0.3) is 0 Å². The summed E-state index contributed by atoms with van der Waals surface area (Å²) < 4.78 is 11.1. The van der Waals surface area contributed by atoms with Crippen LogP contribution in [0.2, 0.25) is 0 Å². The van der Waals surface area contributed by atoms with Gasteiger partial charge in [-0.25, -0.2) is 4.90 Å². The van der Waals surface area contributed by atoms with E-state index in [1.165, 1.54) is 11.8 Å². The number of ether oxygens (including phenoxy) is 2. The first-order valence-corrected chi connectivity index (χ1v) is 6.38. The maximum Gasteiger partial charge on any atom is 0.229 e. The van der Waals surface area contributed by atoms with Crippen molar-refractivity contribution < 1.29 is 14.3 Å². The lowest BCUT2D eigenvalue weighted by atomic mass is 9.97. The molecule has 1 aliphatic rings. The molecule has 0 bridgehead atoms. The maximum atomic E-state index is 11.7. The van der Waals surface area contributed by atoms with Crippen molar-refractivity contribution in [3.8, 4) is 11.5 Å². The van der Waals surface area contributed by atoms with Gasteiger partial charge < -0.3 is 15.2 Å². The van der Waals surface area contributed by atoms with Crippen LogP contribution in [0.25, 0.3) is 0 Å². The van der Waals surface area contributed by atoms with Crippen LogP contribution < -0.4 is 15.2 Å². The number of nitrogens with zero attached hydrogens (tertiary/aromatic N) is 1. The van der Waals surface area contributed by atoms with Crippen LogP contribution in [0.3, 0.4) is 0 Å². The Labute approximate surface area is 118 Å². The third-order valence-corrected chi connectivity index (χ3v) is 3.49. The number of fused-ring (bicyclic) bond motifs is 1. The Bertz CT molecular complexity index is 545. The second-order valence-electron chi connectivity index (χ2n) is 4.99. The molecule has 20 heavy (non-hydrogen) atoms. The van der Waals surface area contributed by atoms with Gasteiger partial charge >= 0.3 is 0 Å². The van der Waals surface area contributed by atoms with Crippen molar-refractivity contribution in [2.75, 3.05) is 7.11 Å². The Morgan fingerprint density at radius 2 is 2.25 bits per heavy atom. The first-order valence-electron chi connectivity index (χ1n) is 6.38. The summed E-state index contributed by atoms with van der Waals surface area (Å²) in [6.45, 7) is 3.13. The van der Waals surface area contributed by atoms with Crippen LogP contribution in [0.15, 0.2) is 18.2 Å². The molecule has 1 aromatic rings. The van der Waals surface area contributed by atoms with Crippen LogP contribution in [0, 0.1) is 5.41 Å². The van der Waals surface area contributed by atoms with Gasteiger partial charge in [-0.15, -0.1) is 0 Å². The number of rotatable bonds is 2. The zero-order chi connectivity index (χ0) is 14.9. The Balaban J connectivity index is 2.37.